The molecule has 0 bridgehead atoms. The maximum atomic E-state index is 5.86. The smallest absolute Gasteiger partial charge is 0.170 e. The van der Waals surface area contributed by atoms with E-state index in [-0.39, 0.29) is 12.1 Å². The summed E-state index contributed by atoms with van der Waals surface area (Å²) < 4.78 is 7.54. The summed E-state index contributed by atoms with van der Waals surface area (Å²) in [5.74, 6) is 1.75. The molecule has 2 atom stereocenters. The highest BCUT2D eigenvalue weighted by atomic mass is 32.1. The highest BCUT2D eigenvalue weighted by molar-refractivity contribution is 7.80. The van der Waals surface area contributed by atoms with Crippen LogP contribution in [0.3, 0.4) is 0 Å². The first-order chi connectivity index (χ1) is 16.6. The molecule has 1 aliphatic rings. The topological polar surface area (TPSA) is 55.2 Å². The van der Waals surface area contributed by atoms with E-state index in [0.29, 0.717) is 6.54 Å². The summed E-state index contributed by atoms with van der Waals surface area (Å²) in [7, 11) is 1.68. The van der Waals surface area contributed by atoms with Crippen LogP contribution in [0, 0.1) is 13.8 Å². The number of benzene rings is 1. The molecule has 1 fully saturated rings. The zero-order valence-electron chi connectivity index (χ0n) is 19.5. The third kappa shape index (κ3) is 4.03. The van der Waals surface area contributed by atoms with Gasteiger partial charge in [-0.05, 0) is 79.7 Å². The van der Waals surface area contributed by atoms with Crippen LogP contribution >= 0.6 is 12.2 Å². The van der Waals surface area contributed by atoms with Gasteiger partial charge in [-0.25, -0.2) is 4.98 Å². The molecule has 4 heterocycles. The van der Waals surface area contributed by atoms with E-state index >= 15 is 0 Å². The van der Waals surface area contributed by atoms with Crippen molar-refractivity contribution in [2.75, 3.05) is 7.11 Å². The number of hydrogen-bond donors (Lipinski definition) is 1. The van der Waals surface area contributed by atoms with Crippen molar-refractivity contribution in [2.24, 2.45) is 0 Å². The van der Waals surface area contributed by atoms with E-state index in [1.54, 1.807) is 7.11 Å². The van der Waals surface area contributed by atoms with Gasteiger partial charge in [-0.1, -0.05) is 24.3 Å². The van der Waals surface area contributed by atoms with Crippen LogP contribution < -0.4 is 10.1 Å². The second kappa shape index (κ2) is 9.27. The molecule has 5 rings (SSSR count). The van der Waals surface area contributed by atoms with Gasteiger partial charge in [-0.3, -0.25) is 4.98 Å². The highest BCUT2D eigenvalue weighted by Gasteiger charge is 2.41. The van der Waals surface area contributed by atoms with Gasteiger partial charge in [0.1, 0.15) is 11.6 Å². The van der Waals surface area contributed by atoms with E-state index in [9.17, 15) is 0 Å². The zero-order valence-corrected chi connectivity index (χ0v) is 20.3. The molecule has 7 heteroatoms. The second-order valence-corrected chi connectivity index (χ2v) is 8.84. The molecule has 0 amide bonds. The van der Waals surface area contributed by atoms with Gasteiger partial charge in [0.2, 0.25) is 0 Å². The Morgan fingerprint density at radius 1 is 0.971 bits per heavy atom. The molecule has 172 valence electrons. The minimum atomic E-state index is -0.0652. The summed E-state index contributed by atoms with van der Waals surface area (Å²) in [6.07, 6.45) is 3.66. The molecular formula is C27H27N5OS. The predicted octanol–water partition coefficient (Wildman–Crippen LogP) is 5.07. The van der Waals surface area contributed by atoms with Gasteiger partial charge in [0.05, 0.1) is 24.9 Å². The van der Waals surface area contributed by atoms with Crippen LogP contribution in [-0.4, -0.2) is 31.7 Å². The van der Waals surface area contributed by atoms with E-state index in [4.69, 9.17) is 17.0 Å². The van der Waals surface area contributed by atoms with Crippen molar-refractivity contribution in [1.29, 1.82) is 0 Å². The van der Waals surface area contributed by atoms with Crippen molar-refractivity contribution in [1.82, 2.24) is 24.8 Å². The second-order valence-electron chi connectivity index (χ2n) is 8.45. The Bertz CT molecular complexity index is 1290. The van der Waals surface area contributed by atoms with Crippen molar-refractivity contribution >= 4 is 17.3 Å². The minimum absolute atomic E-state index is 0.0202. The van der Waals surface area contributed by atoms with Crippen LogP contribution in [0.4, 0.5) is 0 Å². The summed E-state index contributed by atoms with van der Waals surface area (Å²) >= 11 is 5.86. The quantitative estimate of drug-likeness (QED) is 0.398. The maximum Gasteiger partial charge on any atom is 0.170 e. The predicted molar refractivity (Wildman–Crippen MR) is 137 cm³/mol. The summed E-state index contributed by atoms with van der Waals surface area (Å²) in [5.41, 5.74) is 5.62. The number of rotatable bonds is 6. The van der Waals surface area contributed by atoms with Crippen molar-refractivity contribution in [3.05, 3.63) is 107 Å². The number of aryl methyl sites for hydroxylation is 1. The molecule has 0 spiro atoms. The molecule has 0 saturated carbocycles. The lowest BCUT2D eigenvalue weighted by Gasteiger charge is -2.28. The highest BCUT2D eigenvalue weighted by Crippen LogP contribution is 2.42. The van der Waals surface area contributed by atoms with Crippen molar-refractivity contribution in [3.63, 3.8) is 0 Å². The summed E-state index contributed by atoms with van der Waals surface area (Å²) in [6, 6.07) is 22.3. The number of nitrogens with one attached hydrogen (secondary N) is 1. The number of methoxy groups -OCH3 is 1. The normalized spacial score (nSPS) is 17.6. The third-order valence-corrected chi connectivity index (χ3v) is 6.73. The van der Waals surface area contributed by atoms with Gasteiger partial charge in [-0.15, -0.1) is 0 Å². The van der Waals surface area contributed by atoms with Crippen molar-refractivity contribution in [2.45, 2.75) is 32.5 Å². The van der Waals surface area contributed by atoms with Crippen LogP contribution in [0.15, 0.2) is 79.1 Å². The van der Waals surface area contributed by atoms with Gasteiger partial charge in [-0.2, -0.15) is 0 Å². The van der Waals surface area contributed by atoms with Gasteiger partial charge in [0, 0.05) is 30.3 Å². The minimum Gasteiger partial charge on any atom is -0.497 e. The van der Waals surface area contributed by atoms with Crippen LogP contribution in [0.5, 0.6) is 5.75 Å². The van der Waals surface area contributed by atoms with Crippen LogP contribution in [0.1, 0.15) is 40.3 Å². The number of nitrogens with zero attached hydrogens (tertiary/aromatic N) is 4. The Balaban J connectivity index is 1.59. The SMILES string of the molecule is COc1ccc(CN2C(=S)N[C@H](c3ccccn3)[C@H]2c2cc(C)n(-c3ccccn3)c2C)cc1. The standard InChI is InChI=1S/C27H27N5OS/c1-18-16-22(19(2)32(18)24-9-5-7-15-29-24)26-25(23-8-4-6-14-28-23)30-27(34)31(26)17-20-10-12-21(33-3)13-11-20/h4-16,25-26H,17H2,1-3H3,(H,30,34)/t25-,26-/m1/s1. The maximum absolute atomic E-state index is 5.86. The van der Waals surface area contributed by atoms with Gasteiger partial charge < -0.3 is 19.5 Å². The van der Waals surface area contributed by atoms with Gasteiger partial charge in [0.15, 0.2) is 5.11 Å². The van der Waals surface area contributed by atoms with Crippen molar-refractivity contribution in [3.8, 4) is 11.6 Å². The average Bonchev–Trinajstić information content (AvgIpc) is 3.35. The largest absolute Gasteiger partial charge is 0.497 e. The fourth-order valence-corrected chi connectivity index (χ4v) is 5.07. The molecular weight excluding hydrogens is 442 g/mol. The fourth-order valence-electron chi connectivity index (χ4n) is 4.77. The van der Waals surface area contributed by atoms with E-state index in [1.165, 1.54) is 5.56 Å². The van der Waals surface area contributed by atoms with Crippen LogP contribution in [0.2, 0.25) is 0 Å². The fraction of sp³-hybridized carbons (Fsp3) is 0.222. The first-order valence-corrected chi connectivity index (χ1v) is 11.7. The lowest BCUT2D eigenvalue weighted by Crippen LogP contribution is -2.29. The Morgan fingerprint density at radius 3 is 2.35 bits per heavy atom. The van der Waals surface area contributed by atoms with E-state index in [0.717, 1.165) is 39.3 Å². The van der Waals surface area contributed by atoms with Crippen LogP contribution in [-0.2, 0) is 6.54 Å². The molecule has 3 aromatic heterocycles. The molecule has 1 aliphatic heterocycles. The number of thiocarbonyl (C=S) groups is 1. The lowest BCUT2D eigenvalue weighted by molar-refractivity contribution is 0.310. The number of hydrogen-bond acceptors (Lipinski definition) is 4. The monoisotopic (exact) mass is 469 g/mol. The molecule has 4 aromatic rings. The van der Waals surface area contributed by atoms with E-state index in [2.05, 4.69) is 62.9 Å². The summed E-state index contributed by atoms with van der Waals surface area (Å²) in [6.45, 7) is 4.95. The molecule has 0 aliphatic carbocycles. The number of ether oxygens (including phenoxy) is 1. The molecule has 1 aromatic carbocycles. The van der Waals surface area contributed by atoms with Gasteiger partial charge in [0.25, 0.3) is 0 Å². The zero-order chi connectivity index (χ0) is 23.7. The Labute approximate surface area is 205 Å². The number of pyridine rings is 2. The third-order valence-electron chi connectivity index (χ3n) is 6.38. The Morgan fingerprint density at radius 2 is 1.71 bits per heavy atom. The van der Waals surface area contributed by atoms with Crippen LogP contribution in [0.25, 0.3) is 5.82 Å². The average molecular weight is 470 g/mol. The molecule has 1 saturated heterocycles. The Hall–Kier alpha value is -3.71. The summed E-state index contributed by atoms with van der Waals surface area (Å²) in [4.78, 5) is 11.5. The van der Waals surface area contributed by atoms with E-state index < -0.39 is 0 Å². The molecule has 1 N–H and O–H groups in total. The van der Waals surface area contributed by atoms with E-state index in [1.807, 2.05) is 54.9 Å². The van der Waals surface area contributed by atoms with Gasteiger partial charge >= 0.3 is 0 Å². The number of aromatic nitrogens is 3. The summed E-state index contributed by atoms with van der Waals surface area (Å²) in [5, 5.41) is 4.27. The molecule has 6 nitrogen and oxygen atoms in total. The lowest BCUT2D eigenvalue weighted by atomic mass is 9.96. The van der Waals surface area contributed by atoms with Crippen molar-refractivity contribution < 1.29 is 4.74 Å². The Kier molecular flexibility index (Phi) is 6.02. The first kappa shape index (κ1) is 22.1. The molecule has 0 radical (unpaired) electrons. The first-order valence-electron chi connectivity index (χ1n) is 11.3. The molecule has 34 heavy (non-hydrogen) atoms. The molecule has 0 unspecified atom stereocenters.